The first-order valence-electron chi connectivity index (χ1n) is 11.7. The molecule has 2 N–H and O–H groups in total. The van der Waals surface area contributed by atoms with Gasteiger partial charge in [-0.3, -0.25) is 4.79 Å². The Morgan fingerprint density at radius 3 is 2.71 bits per heavy atom. The van der Waals surface area contributed by atoms with Gasteiger partial charge in [0, 0.05) is 54.0 Å². The number of nitrogens with one attached hydrogen (secondary N) is 2. The summed E-state index contributed by atoms with van der Waals surface area (Å²) in [5, 5.41) is 4.11. The molecule has 1 amide bonds. The minimum atomic E-state index is 0.0272. The highest BCUT2D eigenvalue weighted by atomic mass is 16.1. The second-order valence-corrected chi connectivity index (χ2v) is 8.80. The fraction of sp³-hybridized carbons (Fsp3) is 0.423. The van der Waals surface area contributed by atoms with E-state index in [0.717, 1.165) is 48.2 Å². The summed E-state index contributed by atoms with van der Waals surface area (Å²) in [5.74, 6) is 0.0272. The van der Waals surface area contributed by atoms with Crippen molar-refractivity contribution in [1.82, 2.24) is 15.2 Å². The molecule has 0 bridgehead atoms. The quantitative estimate of drug-likeness (QED) is 0.647. The van der Waals surface area contributed by atoms with Gasteiger partial charge in [-0.15, -0.1) is 0 Å². The van der Waals surface area contributed by atoms with Crippen molar-refractivity contribution < 1.29 is 4.79 Å². The Hall–Kier alpha value is -2.79. The van der Waals surface area contributed by atoms with Crippen LogP contribution in [-0.4, -0.2) is 55.1 Å². The number of aromatic nitrogens is 1. The molecule has 1 saturated heterocycles. The van der Waals surface area contributed by atoms with Gasteiger partial charge < -0.3 is 20.1 Å². The summed E-state index contributed by atoms with van der Waals surface area (Å²) in [7, 11) is 0. The highest BCUT2D eigenvalue weighted by molar-refractivity contribution is 6.10. The molecule has 162 valence electrons. The summed E-state index contributed by atoms with van der Waals surface area (Å²) in [4.78, 5) is 21.2. The Labute approximate surface area is 184 Å². The average molecular weight is 417 g/mol. The molecule has 3 aromatic rings. The van der Waals surface area contributed by atoms with Gasteiger partial charge in [0.2, 0.25) is 0 Å². The van der Waals surface area contributed by atoms with E-state index in [1.165, 1.54) is 49.2 Å². The molecule has 0 radical (unpaired) electrons. The van der Waals surface area contributed by atoms with E-state index in [1.807, 2.05) is 12.1 Å². The van der Waals surface area contributed by atoms with E-state index in [-0.39, 0.29) is 5.91 Å². The van der Waals surface area contributed by atoms with E-state index in [9.17, 15) is 4.79 Å². The van der Waals surface area contributed by atoms with Gasteiger partial charge in [0.1, 0.15) is 0 Å². The molecule has 1 aromatic heterocycles. The second kappa shape index (κ2) is 8.75. The van der Waals surface area contributed by atoms with Gasteiger partial charge in [0.05, 0.1) is 0 Å². The minimum Gasteiger partial charge on any atom is -0.370 e. The molecular weight excluding hydrogens is 384 g/mol. The molecule has 3 heterocycles. The normalized spacial score (nSPS) is 17.5. The van der Waals surface area contributed by atoms with Crippen LogP contribution < -0.4 is 10.2 Å². The molecule has 1 fully saturated rings. The van der Waals surface area contributed by atoms with Crippen molar-refractivity contribution in [3.63, 3.8) is 0 Å². The predicted molar refractivity (Wildman–Crippen MR) is 128 cm³/mol. The number of carbonyl (C=O) groups is 1. The molecule has 5 rings (SSSR count). The van der Waals surface area contributed by atoms with Crippen molar-refractivity contribution in [3.8, 4) is 11.3 Å². The number of nitrogens with zero attached hydrogens (tertiary/aromatic N) is 2. The zero-order chi connectivity index (χ0) is 21.2. The lowest BCUT2D eigenvalue weighted by atomic mass is 10.00. The van der Waals surface area contributed by atoms with Gasteiger partial charge >= 0.3 is 0 Å². The van der Waals surface area contributed by atoms with Crippen molar-refractivity contribution in [2.24, 2.45) is 0 Å². The molecule has 2 aliphatic heterocycles. The summed E-state index contributed by atoms with van der Waals surface area (Å²) in [6.45, 7) is 8.75. The summed E-state index contributed by atoms with van der Waals surface area (Å²) in [5.41, 5.74) is 6.71. The summed E-state index contributed by atoms with van der Waals surface area (Å²) in [6, 6.07) is 14.9. The Bertz CT molecular complexity index is 1070. The molecule has 5 heteroatoms. The van der Waals surface area contributed by atoms with Gasteiger partial charge in [0.15, 0.2) is 0 Å². The number of benzene rings is 2. The lowest BCUT2D eigenvalue weighted by Crippen LogP contribution is -2.31. The lowest BCUT2D eigenvalue weighted by molar-refractivity contribution is 0.0957. The third-order valence-electron chi connectivity index (χ3n) is 6.77. The zero-order valence-corrected chi connectivity index (χ0v) is 18.4. The number of amides is 1. The van der Waals surface area contributed by atoms with Crippen LogP contribution in [-0.2, 0) is 6.42 Å². The second-order valence-electron chi connectivity index (χ2n) is 8.80. The molecule has 2 aromatic carbocycles. The number of H-pyrrole nitrogens is 1. The Balaban J connectivity index is 1.39. The van der Waals surface area contributed by atoms with Crippen molar-refractivity contribution in [1.29, 1.82) is 0 Å². The van der Waals surface area contributed by atoms with Crippen molar-refractivity contribution >= 4 is 22.5 Å². The molecule has 0 atom stereocenters. The van der Waals surface area contributed by atoms with Crippen LogP contribution in [0.1, 0.15) is 42.1 Å². The standard InChI is InChI=1S/C26H32N4O/c1-2-3-14-29-15-5-16-30(18-17-29)20-10-8-19(9-11-20)25-21-12-13-27-26(31)22-6-4-7-23(28-25)24(21)22/h4,6-11,28H,2-3,5,12-18H2,1H3,(H,27,31). The van der Waals surface area contributed by atoms with Crippen LogP contribution >= 0.6 is 0 Å². The van der Waals surface area contributed by atoms with E-state index in [1.54, 1.807) is 0 Å². The number of hydrogen-bond donors (Lipinski definition) is 2. The molecule has 0 unspecified atom stereocenters. The number of hydrogen-bond acceptors (Lipinski definition) is 3. The lowest BCUT2D eigenvalue weighted by Gasteiger charge is -2.24. The van der Waals surface area contributed by atoms with Crippen molar-refractivity contribution in [3.05, 3.63) is 53.6 Å². The van der Waals surface area contributed by atoms with Crippen LogP contribution in [0.4, 0.5) is 5.69 Å². The SMILES string of the molecule is CCCCN1CCCN(c2ccc(-c3[nH]c4cccc5c4c3CCNC5=O)cc2)CC1. The summed E-state index contributed by atoms with van der Waals surface area (Å²) in [6.07, 6.45) is 4.63. The fourth-order valence-corrected chi connectivity index (χ4v) is 5.07. The fourth-order valence-electron chi connectivity index (χ4n) is 5.07. The minimum absolute atomic E-state index is 0.0272. The molecule has 0 spiro atoms. The van der Waals surface area contributed by atoms with Gasteiger partial charge in [-0.05, 0) is 67.7 Å². The van der Waals surface area contributed by atoms with E-state index in [4.69, 9.17) is 0 Å². The smallest absolute Gasteiger partial charge is 0.251 e. The molecule has 0 saturated carbocycles. The molecular formula is C26H32N4O. The average Bonchev–Trinajstić information content (AvgIpc) is 2.92. The topological polar surface area (TPSA) is 51.4 Å². The first-order valence-corrected chi connectivity index (χ1v) is 11.7. The molecule has 2 aliphatic rings. The maximum atomic E-state index is 12.4. The van der Waals surface area contributed by atoms with Gasteiger partial charge in [-0.2, -0.15) is 0 Å². The van der Waals surface area contributed by atoms with Crippen molar-refractivity contribution in [2.45, 2.75) is 32.6 Å². The third kappa shape index (κ3) is 3.94. The van der Waals surface area contributed by atoms with Crippen LogP contribution in [0.25, 0.3) is 22.2 Å². The number of rotatable bonds is 5. The maximum absolute atomic E-state index is 12.4. The van der Waals surface area contributed by atoms with Gasteiger partial charge in [0.25, 0.3) is 5.91 Å². The Morgan fingerprint density at radius 1 is 1.00 bits per heavy atom. The summed E-state index contributed by atoms with van der Waals surface area (Å²) >= 11 is 0. The van der Waals surface area contributed by atoms with Crippen LogP contribution in [0.15, 0.2) is 42.5 Å². The maximum Gasteiger partial charge on any atom is 0.251 e. The number of aromatic amines is 1. The van der Waals surface area contributed by atoms with Crippen LogP contribution in [0.2, 0.25) is 0 Å². The first kappa shape index (κ1) is 20.1. The highest BCUT2D eigenvalue weighted by Crippen LogP contribution is 2.34. The number of carbonyl (C=O) groups excluding carboxylic acids is 1. The molecule has 5 nitrogen and oxygen atoms in total. The van der Waals surface area contributed by atoms with E-state index in [0.29, 0.717) is 6.54 Å². The van der Waals surface area contributed by atoms with Gasteiger partial charge in [-0.1, -0.05) is 31.5 Å². The Kier molecular flexibility index (Phi) is 5.68. The Morgan fingerprint density at radius 2 is 1.87 bits per heavy atom. The van der Waals surface area contributed by atoms with Crippen LogP contribution in [0.5, 0.6) is 0 Å². The number of anilines is 1. The van der Waals surface area contributed by atoms with Crippen molar-refractivity contribution in [2.75, 3.05) is 44.2 Å². The van der Waals surface area contributed by atoms with E-state index in [2.05, 4.69) is 57.4 Å². The molecule has 0 aliphatic carbocycles. The highest BCUT2D eigenvalue weighted by Gasteiger charge is 2.22. The van der Waals surface area contributed by atoms with Crippen LogP contribution in [0.3, 0.4) is 0 Å². The zero-order valence-electron chi connectivity index (χ0n) is 18.4. The predicted octanol–water partition coefficient (Wildman–Crippen LogP) is 4.43. The number of unbranched alkanes of at least 4 members (excludes halogenated alkanes) is 1. The van der Waals surface area contributed by atoms with Crippen LogP contribution in [0, 0.1) is 0 Å². The summed E-state index contributed by atoms with van der Waals surface area (Å²) < 4.78 is 0. The first-order chi connectivity index (χ1) is 15.2. The van der Waals surface area contributed by atoms with Gasteiger partial charge in [-0.25, -0.2) is 0 Å². The van der Waals surface area contributed by atoms with E-state index >= 15 is 0 Å². The monoisotopic (exact) mass is 416 g/mol. The molecule has 31 heavy (non-hydrogen) atoms. The van der Waals surface area contributed by atoms with E-state index < -0.39 is 0 Å². The third-order valence-corrected chi connectivity index (χ3v) is 6.77. The largest absolute Gasteiger partial charge is 0.370 e.